The molecule has 1 aliphatic heterocycles. The number of anilines is 1. The van der Waals surface area contributed by atoms with E-state index in [0.717, 1.165) is 31.2 Å². The van der Waals surface area contributed by atoms with Crippen LogP contribution in [0.5, 0.6) is 5.75 Å². The van der Waals surface area contributed by atoms with E-state index in [1.165, 1.54) is 31.4 Å². The molecule has 0 bridgehead atoms. The summed E-state index contributed by atoms with van der Waals surface area (Å²) in [4.78, 5) is 27.8. The van der Waals surface area contributed by atoms with Gasteiger partial charge in [0.15, 0.2) is 0 Å². The van der Waals surface area contributed by atoms with E-state index in [2.05, 4.69) is 10.0 Å². The zero-order valence-corrected chi connectivity index (χ0v) is 21.6. The fourth-order valence-corrected chi connectivity index (χ4v) is 5.42. The highest BCUT2D eigenvalue weighted by Gasteiger charge is 2.25. The van der Waals surface area contributed by atoms with E-state index in [0.29, 0.717) is 25.4 Å². The number of carbonyl (C=O) groups is 2. The van der Waals surface area contributed by atoms with Crippen LogP contribution >= 0.6 is 0 Å². The first-order chi connectivity index (χ1) is 17.9. The second-order valence-corrected chi connectivity index (χ2v) is 10.6. The Morgan fingerprint density at radius 2 is 1.54 bits per heavy atom. The number of para-hydroxylation sites is 1. The standard InChI is InChI=1S/C28H31N3O5S/c1-36-26-16-15-22(19-24(26)28(33)31-17-9-2-3-10-18-31)37(34,35)30-25-14-8-7-13-23(25)27(32)29-20-21-11-5-4-6-12-21/h4-8,11-16,19,30H,2-3,9-10,17-18,20H2,1H3,(H,29,32). The smallest absolute Gasteiger partial charge is 0.261 e. The number of carbonyl (C=O) groups excluding carboxylic acids is 2. The highest BCUT2D eigenvalue weighted by Crippen LogP contribution is 2.27. The Labute approximate surface area is 217 Å². The Morgan fingerprint density at radius 1 is 0.865 bits per heavy atom. The lowest BCUT2D eigenvalue weighted by atomic mass is 10.1. The lowest BCUT2D eigenvalue weighted by molar-refractivity contribution is 0.0757. The van der Waals surface area contributed by atoms with Crippen molar-refractivity contribution in [3.63, 3.8) is 0 Å². The van der Waals surface area contributed by atoms with Gasteiger partial charge in [0.1, 0.15) is 5.75 Å². The van der Waals surface area contributed by atoms with Gasteiger partial charge in [-0.1, -0.05) is 55.3 Å². The van der Waals surface area contributed by atoms with E-state index in [9.17, 15) is 18.0 Å². The van der Waals surface area contributed by atoms with Crippen molar-refractivity contribution in [3.05, 3.63) is 89.5 Å². The number of methoxy groups -OCH3 is 1. The third-order valence-corrected chi connectivity index (χ3v) is 7.68. The van der Waals surface area contributed by atoms with Crippen LogP contribution in [0.3, 0.4) is 0 Å². The average molecular weight is 522 g/mol. The van der Waals surface area contributed by atoms with Gasteiger partial charge >= 0.3 is 0 Å². The number of amides is 2. The molecular formula is C28H31N3O5S. The van der Waals surface area contributed by atoms with Crippen LogP contribution < -0.4 is 14.8 Å². The molecule has 2 N–H and O–H groups in total. The van der Waals surface area contributed by atoms with E-state index in [-0.39, 0.29) is 27.6 Å². The van der Waals surface area contributed by atoms with Crippen molar-refractivity contribution in [2.45, 2.75) is 37.1 Å². The summed E-state index contributed by atoms with van der Waals surface area (Å²) in [6.07, 6.45) is 3.96. The number of nitrogens with zero attached hydrogens (tertiary/aromatic N) is 1. The highest BCUT2D eigenvalue weighted by atomic mass is 32.2. The number of benzene rings is 3. The van der Waals surface area contributed by atoms with E-state index in [4.69, 9.17) is 4.74 Å². The van der Waals surface area contributed by atoms with Crippen LogP contribution in [0.15, 0.2) is 77.7 Å². The minimum atomic E-state index is -4.11. The molecule has 1 aliphatic rings. The van der Waals surface area contributed by atoms with Crippen molar-refractivity contribution in [1.82, 2.24) is 10.2 Å². The molecule has 0 atom stereocenters. The van der Waals surface area contributed by atoms with Gasteiger partial charge in [0.2, 0.25) is 0 Å². The Bertz CT molecular complexity index is 1350. The van der Waals surface area contributed by atoms with Crippen molar-refractivity contribution < 1.29 is 22.7 Å². The van der Waals surface area contributed by atoms with Crippen molar-refractivity contribution in [2.24, 2.45) is 0 Å². The number of rotatable bonds is 8. The molecule has 37 heavy (non-hydrogen) atoms. The average Bonchev–Trinajstić information content (AvgIpc) is 3.21. The fourth-order valence-electron chi connectivity index (χ4n) is 4.31. The molecule has 1 fully saturated rings. The van der Waals surface area contributed by atoms with Gasteiger partial charge < -0.3 is 15.0 Å². The summed E-state index contributed by atoms with van der Waals surface area (Å²) >= 11 is 0. The molecule has 4 rings (SSSR count). The molecule has 2 amide bonds. The maximum absolute atomic E-state index is 13.4. The van der Waals surface area contributed by atoms with Crippen molar-refractivity contribution >= 4 is 27.5 Å². The Kier molecular flexibility index (Phi) is 8.45. The zero-order valence-electron chi connectivity index (χ0n) is 20.8. The molecular weight excluding hydrogens is 490 g/mol. The van der Waals surface area contributed by atoms with E-state index in [1.54, 1.807) is 23.1 Å². The predicted molar refractivity (Wildman–Crippen MR) is 142 cm³/mol. The molecule has 1 heterocycles. The summed E-state index contributed by atoms with van der Waals surface area (Å²) in [6.45, 7) is 1.56. The number of hydrogen-bond acceptors (Lipinski definition) is 5. The summed E-state index contributed by atoms with van der Waals surface area (Å²) in [7, 11) is -2.66. The van der Waals surface area contributed by atoms with E-state index < -0.39 is 15.9 Å². The molecule has 3 aromatic rings. The lowest BCUT2D eigenvalue weighted by Gasteiger charge is -2.22. The second kappa shape index (κ2) is 11.9. The van der Waals surface area contributed by atoms with E-state index >= 15 is 0 Å². The predicted octanol–water partition coefficient (Wildman–Crippen LogP) is 4.44. The molecule has 0 radical (unpaired) electrons. The van der Waals surface area contributed by atoms with Crippen LogP contribution in [0.2, 0.25) is 0 Å². The summed E-state index contributed by atoms with van der Waals surface area (Å²) in [5.41, 5.74) is 1.45. The largest absolute Gasteiger partial charge is 0.496 e. The van der Waals surface area contributed by atoms with Crippen LogP contribution in [0.25, 0.3) is 0 Å². The summed E-state index contributed by atoms with van der Waals surface area (Å²) in [5, 5.41) is 2.82. The third kappa shape index (κ3) is 6.48. The first kappa shape index (κ1) is 26.2. The number of ether oxygens (including phenoxy) is 1. The number of sulfonamides is 1. The summed E-state index contributed by atoms with van der Waals surface area (Å²) in [5.74, 6) is -0.348. The lowest BCUT2D eigenvalue weighted by Crippen LogP contribution is -2.32. The number of hydrogen-bond donors (Lipinski definition) is 2. The Hall–Kier alpha value is -3.85. The molecule has 1 saturated heterocycles. The molecule has 8 nitrogen and oxygen atoms in total. The minimum Gasteiger partial charge on any atom is -0.496 e. The first-order valence-electron chi connectivity index (χ1n) is 12.3. The SMILES string of the molecule is COc1ccc(S(=O)(=O)Nc2ccccc2C(=O)NCc2ccccc2)cc1C(=O)N1CCCCCC1. The van der Waals surface area contributed by atoms with Gasteiger partial charge in [0.25, 0.3) is 21.8 Å². The minimum absolute atomic E-state index is 0.0917. The summed E-state index contributed by atoms with van der Waals surface area (Å²) < 4.78 is 34.6. The Morgan fingerprint density at radius 3 is 2.24 bits per heavy atom. The van der Waals surface area contributed by atoms with E-state index in [1.807, 2.05) is 30.3 Å². The van der Waals surface area contributed by atoms with Gasteiger partial charge in [-0.05, 0) is 48.7 Å². The maximum atomic E-state index is 13.4. The Balaban J connectivity index is 1.57. The molecule has 194 valence electrons. The topological polar surface area (TPSA) is 105 Å². The molecule has 0 spiro atoms. The van der Waals surface area contributed by atoms with Gasteiger partial charge in [0, 0.05) is 19.6 Å². The highest BCUT2D eigenvalue weighted by molar-refractivity contribution is 7.92. The maximum Gasteiger partial charge on any atom is 0.261 e. The first-order valence-corrected chi connectivity index (χ1v) is 13.8. The molecule has 9 heteroatoms. The molecule has 0 saturated carbocycles. The number of likely N-dealkylation sites (tertiary alicyclic amines) is 1. The molecule has 3 aromatic carbocycles. The molecule has 0 unspecified atom stereocenters. The molecule has 0 aromatic heterocycles. The van der Waals surface area contributed by atoms with Gasteiger partial charge in [0.05, 0.1) is 28.8 Å². The fraction of sp³-hybridized carbons (Fsp3) is 0.286. The van der Waals surface area contributed by atoms with Crippen molar-refractivity contribution in [3.8, 4) is 5.75 Å². The third-order valence-electron chi connectivity index (χ3n) is 6.32. The van der Waals surface area contributed by atoms with Gasteiger partial charge in [-0.15, -0.1) is 0 Å². The zero-order chi connectivity index (χ0) is 26.3. The van der Waals surface area contributed by atoms with Gasteiger partial charge in [-0.3, -0.25) is 14.3 Å². The van der Waals surface area contributed by atoms with Crippen molar-refractivity contribution in [1.29, 1.82) is 0 Å². The van der Waals surface area contributed by atoms with Crippen LogP contribution in [0, 0.1) is 0 Å². The quantitative estimate of drug-likeness (QED) is 0.456. The second-order valence-electron chi connectivity index (χ2n) is 8.89. The van der Waals surface area contributed by atoms with Crippen LogP contribution in [0.4, 0.5) is 5.69 Å². The monoisotopic (exact) mass is 521 g/mol. The molecule has 0 aliphatic carbocycles. The van der Waals surface area contributed by atoms with Crippen LogP contribution in [0.1, 0.15) is 52.0 Å². The number of nitrogens with one attached hydrogen (secondary N) is 2. The van der Waals surface area contributed by atoms with Crippen LogP contribution in [-0.4, -0.2) is 45.3 Å². The van der Waals surface area contributed by atoms with Crippen LogP contribution in [-0.2, 0) is 16.6 Å². The van der Waals surface area contributed by atoms with Gasteiger partial charge in [-0.2, -0.15) is 0 Å². The van der Waals surface area contributed by atoms with Gasteiger partial charge in [-0.25, -0.2) is 8.42 Å². The van der Waals surface area contributed by atoms with Crippen molar-refractivity contribution in [2.75, 3.05) is 24.9 Å². The summed E-state index contributed by atoms with van der Waals surface area (Å²) in [6, 6.07) is 20.0. The normalized spacial score (nSPS) is 13.9.